The van der Waals surface area contributed by atoms with Gasteiger partial charge in [-0.05, 0) is 144 Å². The van der Waals surface area contributed by atoms with E-state index in [4.69, 9.17) is 0 Å². The highest BCUT2D eigenvalue weighted by molar-refractivity contribution is 5.81. The molecular formula is C48H51N9. The number of pyridine rings is 5. The Morgan fingerprint density at radius 1 is 0.368 bits per heavy atom. The highest BCUT2D eigenvalue weighted by Crippen LogP contribution is 2.14. The Morgan fingerprint density at radius 2 is 1.04 bits per heavy atom. The second kappa shape index (κ2) is 26.6. The van der Waals surface area contributed by atoms with Gasteiger partial charge < -0.3 is 0 Å². The van der Waals surface area contributed by atoms with Crippen molar-refractivity contribution in [2.24, 2.45) is 0 Å². The van der Waals surface area contributed by atoms with Gasteiger partial charge in [-0.25, -0.2) is 9.97 Å². The summed E-state index contributed by atoms with van der Waals surface area (Å²) >= 11 is 0. The van der Waals surface area contributed by atoms with Gasteiger partial charge in [0.05, 0.1) is 16.7 Å². The van der Waals surface area contributed by atoms with Crippen molar-refractivity contribution in [1.82, 2.24) is 45.1 Å². The molecule has 0 radical (unpaired) electrons. The maximum atomic E-state index is 4.24. The van der Waals surface area contributed by atoms with E-state index >= 15 is 0 Å². The molecule has 9 heteroatoms. The van der Waals surface area contributed by atoms with Crippen LogP contribution in [0.1, 0.15) is 39.5 Å². The average Bonchev–Trinajstić information content (AvgIpc) is 3.24. The van der Waals surface area contributed by atoms with E-state index in [9.17, 15) is 0 Å². The fourth-order valence-corrected chi connectivity index (χ4v) is 4.53. The Bertz CT molecular complexity index is 2130. The van der Waals surface area contributed by atoms with Crippen molar-refractivity contribution < 1.29 is 0 Å². The maximum absolute atomic E-state index is 4.24. The van der Waals surface area contributed by atoms with Gasteiger partial charge in [0, 0.05) is 78.4 Å². The van der Waals surface area contributed by atoms with E-state index in [2.05, 4.69) is 89.3 Å². The SMILES string of the molecule is Cc1ccc2ncccc2c1.Cc1cccc2ncccc12.Cc1ccccn1.Cc1cccnc1.Cc1cccnn1.Cc1ccncc1.Cc1ncccn1. The van der Waals surface area contributed by atoms with E-state index in [0.717, 1.165) is 28.2 Å². The molecule has 0 aliphatic rings. The van der Waals surface area contributed by atoms with Crippen LogP contribution >= 0.6 is 0 Å². The third-order valence-electron chi connectivity index (χ3n) is 7.49. The fraction of sp³-hybridized carbons (Fsp3) is 0.146. The van der Waals surface area contributed by atoms with Gasteiger partial charge in [0.25, 0.3) is 0 Å². The molecule has 288 valence electrons. The van der Waals surface area contributed by atoms with Crippen molar-refractivity contribution in [1.29, 1.82) is 0 Å². The quantitative estimate of drug-likeness (QED) is 0.149. The van der Waals surface area contributed by atoms with Crippen molar-refractivity contribution >= 4 is 21.8 Å². The van der Waals surface area contributed by atoms with Crippen LogP contribution in [0.15, 0.2) is 183 Å². The predicted octanol–water partition coefficient (Wildman–Crippen LogP) is 10.8. The lowest BCUT2D eigenvalue weighted by atomic mass is 10.1. The number of benzene rings is 2. The first-order valence-electron chi connectivity index (χ1n) is 18.4. The normalized spacial score (nSPS) is 9.32. The number of aromatic nitrogens is 9. The van der Waals surface area contributed by atoms with Gasteiger partial charge in [0.1, 0.15) is 5.82 Å². The molecule has 7 heterocycles. The van der Waals surface area contributed by atoms with Gasteiger partial charge in [0.2, 0.25) is 0 Å². The molecular weight excluding hydrogens is 703 g/mol. The highest BCUT2D eigenvalue weighted by atomic mass is 15.1. The van der Waals surface area contributed by atoms with Crippen molar-refractivity contribution in [3.63, 3.8) is 0 Å². The van der Waals surface area contributed by atoms with E-state index in [1.54, 1.807) is 49.4 Å². The molecule has 9 rings (SSSR count). The number of hydrogen-bond acceptors (Lipinski definition) is 9. The molecule has 0 N–H and O–H groups in total. The molecule has 0 fully saturated rings. The minimum absolute atomic E-state index is 0.822. The van der Waals surface area contributed by atoms with E-state index in [1.165, 1.54) is 33.0 Å². The molecule has 0 amide bonds. The second-order valence-corrected chi connectivity index (χ2v) is 12.5. The molecule has 9 nitrogen and oxygen atoms in total. The highest BCUT2D eigenvalue weighted by Gasteiger charge is 1.94. The summed E-state index contributed by atoms with van der Waals surface area (Å²) in [4.78, 5) is 27.9. The molecule has 7 aromatic heterocycles. The number of aryl methyl sites for hydroxylation is 7. The van der Waals surface area contributed by atoms with Crippen LogP contribution < -0.4 is 0 Å². The lowest BCUT2D eigenvalue weighted by Gasteiger charge is -1.97. The van der Waals surface area contributed by atoms with Crippen LogP contribution in [-0.2, 0) is 0 Å². The van der Waals surface area contributed by atoms with Crippen LogP contribution in [0.25, 0.3) is 21.8 Å². The second-order valence-electron chi connectivity index (χ2n) is 12.5. The molecule has 0 spiro atoms. The number of nitrogens with zero attached hydrogens (tertiary/aromatic N) is 9. The summed E-state index contributed by atoms with van der Waals surface area (Å²) in [6.07, 6.45) is 17.7. The van der Waals surface area contributed by atoms with Crippen molar-refractivity contribution in [3.05, 3.63) is 223 Å². The van der Waals surface area contributed by atoms with Gasteiger partial charge in [-0.1, -0.05) is 48.0 Å². The summed E-state index contributed by atoms with van der Waals surface area (Å²) in [5.74, 6) is 0.822. The van der Waals surface area contributed by atoms with Crippen LogP contribution in [0.2, 0.25) is 0 Å². The largest absolute Gasteiger partial charge is 0.265 e. The molecule has 0 aliphatic carbocycles. The van der Waals surface area contributed by atoms with Crippen molar-refractivity contribution in [2.45, 2.75) is 48.5 Å². The van der Waals surface area contributed by atoms with Crippen molar-refractivity contribution in [3.8, 4) is 0 Å². The van der Waals surface area contributed by atoms with E-state index in [-0.39, 0.29) is 0 Å². The molecule has 0 bridgehead atoms. The van der Waals surface area contributed by atoms with Crippen LogP contribution in [0.3, 0.4) is 0 Å². The Labute approximate surface area is 337 Å². The third kappa shape index (κ3) is 19.7. The molecule has 0 aliphatic heterocycles. The van der Waals surface area contributed by atoms with Gasteiger partial charge >= 0.3 is 0 Å². The summed E-state index contributed by atoms with van der Waals surface area (Å²) in [6.45, 7) is 14.0. The zero-order valence-corrected chi connectivity index (χ0v) is 33.8. The lowest BCUT2D eigenvalue weighted by Crippen LogP contribution is -1.80. The monoisotopic (exact) mass is 753 g/mol. The van der Waals surface area contributed by atoms with E-state index in [0.29, 0.717) is 0 Å². The fourth-order valence-electron chi connectivity index (χ4n) is 4.53. The lowest BCUT2D eigenvalue weighted by molar-refractivity contribution is 0.980. The summed E-state index contributed by atoms with van der Waals surface area (Å²) in [5, 5.41) is 9.82. The van der Waals surface area contributed by atoms with Gasteiger partial charge in [-0.3, -0.25) is 24.9 Å². The third-order valence-corrected chi connectivity index (χ3v) is 7.49. The van der Waals surface area contributed by atoms with E-state index < -0.39 is 0 Å². The molecule has 9 aromatic rings. The minimum Gasteiger partial charge on any atom is -0.265 e. The molecule has 0 saturated carbocycles. The maximum Gasteiger partial charge on any atom is 0.125 e. The number of hydrogen-bond donors (Lipinski definition) is 0. The first-order valence-corrected chi connectivity index (χ1v) is 18.4. The van der Waals surface area contributed by atoms with Gasteiger partial charge in [-0.15, -0.1) is 0 Å². The smallest absolute Gasteiger partial charge is 0.125 e. The Balaban J connectivity index is 0.000000180. The van der Waals surface area contributed by atoms with Crippen LogP contribution in [0, 0.1) is 48.5 Å². The molecule has 0 saturated heterocycles. The molecule has 2 aromatic carbocycles. The van der Waals surface area contributed by atoms with Gasteiger partial charge in [0.15, 0.2) is 0 Å². The topological polar surface area (TPSA) is 116 Å². The van der Waals surface area contributed by atoms with Gasteiger partial charge in [-0.2, -0.15) is 10.2 Å². The molecule has 57 heavy (non-hydrogen) atoms. The zero-order valence-electron chi connectivity index (χ0n) is 33.8. The summed E-state index contributed by atoms with van der Waals surface area (Å²) in [6, 6.07) is 39.9. The molecule has 0 unspecified atom stereocenters. The summed E-state index contributed by atoms with van der Waals surface area (Å²) in [5.41, 5.74) is 9.22. The standard InChI is InChI=1S/2C10H9N.3C6H7N.2C5H6N2/c1-8-4-2-6-10-9(8)5-3-7-11-10;1-8-4-5-10-9(7-8)3-2-6-11-10;1-6-2-4-7-5-3-6;1-6-3-2-4-7-5-6;1-6-4-2-3-5-7-6;1-5-6-3-2-4-7-5;1-5-3-2-4-6-7-5/h2*2-7H,1H3;3*2-5H,1H3;2*2-4H,1H3. The predicted molar refractivity (Wildman–Crippen MR) is 233 cm³/mol. The number of fused-ring (bicyclic) bond motifs is 2. The van der Waals surface area contributed by atoms with Crippen LogP contribution in [-0.4, -0.2) is 45.1 Å². The zero-order chi connectivity index (χ0) is 40.9. The summed E-state index contributed by atoms with van der Waals surface area (Å²) in [7, 11) is 0. The van der Waals surface area contributed by atoms with Crippen molar-refractivity contribution in [2.75, 3.05) is 0 Å². The van der Waals surface area contributed by atoms with Crippen LogP contribution in [0.4, 0.5) is 0 Å². The first-order chi connectivity index (χ1) is 27.7. The Hall–Kier alpha value is -7.13. The first kappa shape index (κ1) is 44.3. The summed E-state index contributed by atoms with van der Waals surface area (Å²) < 4.78 is 0. The number of rotatable bonds is 0. The average molecular weight is 754 g/mol. The van der Waals surface area contributed by atoms with Crippen LogP contribution in [0.5, 0.6) is 0 Å². The molecule has 0 atom stereocenters. The Kier molecular flexibility index (Phi) is 20.7. The van der Waals surface area contributed by atoms with E-state index in [1.807, 2.05) is 138 Å². The Morgan fingerprint density at radius 3 is 1.53 bits per heavy atom. The minimum atomic E-state index is 0.822.